The summed E-state index contributed by atoms with van der Waals surface area (Å²) in [4.78, 5) is -0.799. The third-order valence-corrected chi connectivity index (χ3v) is 8.13. The van der Waals surface area contributed by atoms with Crippen LogP contribution in [0.3, 0.4) is 0 Å². The van der Waals surface area contributed by atoms with E-state index in [0.29, 0.717) is 17.5 Å². The number of hydrogen-bond donors (Lipinski definition) is 0. The van der Waals surface area contributed by atoms with Gasteiger partial charge >= 0.3 is 0 Å². The molecule has 0 atom stereocenters. The highest BCUT2D eigenvalue weighted by molar-refractivity contribution is 8.10. The van der Waals surface area contributed by atoms with E-state index in [0.717, 1.165) is 6.07 Å². The van der Waals surface area contributed by atoms with Crippen LogP contribution in [-0.2, 0) is 20.0 Å². The van der Waals surface area contributed by atoms with Crippen molar-refractivity contribution in [1.82, 2.24) is 0 Å². The van der Waals surface area contributed by atoms with Crippen LogP contribution in [0.1, 0.15) is 0 Å². The number of benzene rings is 3. The fourth-order valence-electron chi connectivity index (χ4n) is 2.86. The molecule has 3 aromatic carbocycles. The van der Waals surface area contributed by atoms with Gasteiger partial charge in [0.05, 0.1) is 15.5 Å². The molecule has 0 N–H and O–H groups in total. The van der Waals surface area contributed by atoms with E-state index in [4.69, 9.17) is 0 Å². The van der Waals surface area contributed by atoms with Gasteiger partial charge in [-0.3, -0.25) is 0 Å². The molecule has 0 saturated carbocycles. The molecule has 0 saturated heterocycles. The Morgan fingerprint density at radius 3 is 2.24 bits per heavy atom. The van der Waals surface area contributed by atoms with Gasteiger partial charge in [-0.15, -0.1) is 0 Å². The second-order valence-corrected chi connectivity index (χ2v) is 9.19. The van der Waals surface area contributed by atoms with E-state index in [9.17, 15) is 25.6 Å². The van der Waals surface area contributed by atoms with Gasteiger partial charge in [-0.25, -0.2) is 17.2 Å². The van der Waals surface area contributed by atoms with Crippen LogP contribution in [0.25, 0.3) is 10.8 Å². The van der Waals surface area contributed by atoms with Gasteiger partial charge in [-0.05, 0) is 35.7 Å². The van der Waals surface area contributed by atoms with Crippen molar-refractivity contribution in [3.05, 3.63) is 66.2 Å². The summed E-state index contributed by atoms with van der Waals surface area (Å²) in [6.45, 7) is 0. The maximum absolute atomic E-state index is 13.5. The Balaban J connectivity index is 2.04. The summed E-state index contributed by atoms with van der Waals surface area (Å²) in [5.74, 6) is -2.61. The fourth-order valence-corrected chi connectivity index (χ4v) is 6.81. The number of halogens is 2. The fraction of sp³-hybridized carbons (Fsp3) is 0. The molecule has 5 nitrogen and oxygen atoms in total. The Kier molecular flexibility index (Phi) is 3.19. The predicted molar refractivity (Wildman–Crippen MR) is 87.2 cm³/mol. The van der Waals surface area contributed by atoms with Gasteiger partial charge < -0.3 is 0 Å². The zero-order valence-electron chi connectivity index (χ0n) is 12.3. The molecule has 0 amide bonds. The first-order valence-corrected chi connectivity index (χ1v) is 9.90. The quantitative estimate of drug-likeness (QED) is 0.684. The Hall–Kier alpha value is -2.52. The van der Waals surface area contributed by atoms with E-state index in [1.54, 1.807) is 12.1 Å². The summed E-state index contributed by atoms with van der Waals surface area (Å²) < 4.78 is 78.2. The van der Waals surface area contributed by atoms with Crippen molar-refractivity contribution in [2.75, 3.05) is 3.71 Å². The molecular weight excluding hydrogens is 372 g/mol. The lowest BCUT2D eigenvalue weighted by atomic mass is 10.1. The van der Waals surface area contributed by atoms with Gasteiger partial charge in [-0.1, -0.05) is 24.3 Å². The van der Waals surface area contributed by atoms with E-state index in [-0.39, 0.29) is 19.7 Å². The molecule has 3 aromatic rings. The number of sulfonamides is 2. The monoisotopic (exact) mass is 381 g/mol. The molecule has 0 fully saturated rings. The van der Waals surface area contributed by atoms with Gasteiger partial charge in [0.2, 0.25) is 0 Å². The van der Waals surface area contributed by atoms with Crippen LogP contribution in [0, 0.1) is 11.6 Å². The minimum atomic E-state index is -4.66. The number of nitrogens with zero attached hydrogens (tertiary/aromatic N) is 1. The van der Waals surface area contributed by atoms with Gasteiger partial charge in [0, 0.05) is 5.39 Å². The maximum atomic E-state index is 13.5. The van der Waals surface area contributed by atoms with Gasteiger partial charge in [-0.2, -0.15) is 12.1 Å². The second kappa shape index (κ2) is 4.99. The lowest BCUT2D eigenvalue weighted by Crippen LogP contribution is -2.34. The van der Waals surface area contributed by atoms with Crippen LogP contribution < -0.4 is 3.71 Å². The predicted octanol–water partition coefficient (Wildman–Crippen LogP) is 3.02. The van der Waals surface area contributed by atoms with E-state index in [2.05, 4.69) is 0 Å². The zero-order chi connectivity index (χ0) is 18.0. The topological polar surface area (TPSA) is 71.5 Å². The number of hydrogen-bond acceptors (Lipinski definition) is 4. The summed E-state index contributed by atoms with van der Waals surface area (Å²) in [6.07, 6.45) is 0. The molecule has 0 radical (unpaired) electrons. The van der Waals surface area contributed by atoms with Crippen LogP contribution in [0.15, 0.2) is 64.4 Å². The molecule has 0 bridgehead atoms. The van der Waals surface area contributed by atoms with Crippen molar-refractivity contribution in [3.8, 4) is 0 Å². The molecule has 0 aromatic heterocycles. The summed E-state index contributed by atoms with van der Waals surface area (Å²) in [5.41, 5.74) is -0.0437. The molecule has 1 heterocycles. The molecule has 4 rings (SSSR count). The van der Waals surface area contributed by atoms with Gasteiger partial charge in [0.1, 0.15) is 0 Å². The molecule has 1 aliphatic heterocycles. The summed E-state index contributed by atoms with van der Waals surface area (Å²) in [6, 6.07) is 10.9. The van der Waals surface area contributed by atoms with Crippen molar-refractivity contribution in [2.24, 2.45) is 0 Å². The molecule has 128 valence electrons. The van der Waals surface area contributed by atoms with Crippen molar-refractivity contribution in [1.29, 1.82) is 0 Å². The first-order valence-electron chi connectivity index (χ1n) is 7.02. The molecular formula is C16H9F2NO4S2. The van der Waals surface area contributed by atoms with Gasteiger partial charge in [0.15, 0.2) is 11.6 Å². The van der Waals surface area contributed by atoms with Crippen LogP contribution in [0.2, 0.25) is 0 Å². The van der Waals surface area contributed by atoms with E-state index in [1.807, 2.05) is 0 Å². The largest absolute Gasteiger partial charge is 0.278 e. The molecule has 0 unspecified atom stereocenters. The molecule has 9 heteroatoms. The Labute approximate surface area is 142 Å². The number of anilines is 1. The minimum absolute atomic E-state index is 0.0437. The third kappa shape index (κ3) is 2.09. The standard InChI is InChI=1S/C16H9F2NO4S2/c17-12-8-7-11(9-13(12)18)24(20,21)19-14-5-1-3-10-4-2-6-15(16(10)14)25(19,22)23/h1-9H. The second-order valence-electron chi connectivity index (χ2n) is 5.41. The maximum Gasteiger partial charge on any atom is 0.278 e. The lowest BCUT2D eigenvalue weighted by molar-refractivity contribution is 0.504. The average molecular weight is 381 g/mol. The molecule has 25 heavy (non-hydrogen) atoms. The van der Waals surface area contributed by atoms with Crippen LogP contribution in [0.4, 0.5) is 14.5 Å². The van der Waals surface area contributed by atoms with Gasteiger partial charge in [0.25, 0.3) is 20.0 Å². The van der Waals surface area contributed by atoms with Crippen LogP contribution in [-0.4, -0.2) is 16.8 Å². The van der Waals surface area contributed by atoms with E-state index >= 15 is 0 Å². The Morgan fingerprint density at radius 1 is 0.880 bits per heavy atom. The zero-order valence-corrected chi connectivity index (χ0v) is 14.0. The molecule has 0 aliphatic carbocycles. The average Bonchev–Trinajstić information content (AvgIpc) is 2.80. The van der Waals surface area contributed by atoms with Crippen molar-refractivity contribution in [3.63, 3.8) is 0 Å². The van der Waals surface area contributed by atoms with Crippen molar-refractivity contribution < 1.29 is 25.6 Å². The Bertz CT molecular complexity index is 1250. The highest BCUT2D eigenvalue weighted by Gasteiger charge is 2.44. The highest BCUT2D eigenvalue weighted by atomic mass is 32.3. The molecule has 1 aliphatic rings. The first-order chi connectivity index (χ1) is 11.7. The normalized spacial score (nSPS) is 15.7. The van der Waals surface area contributed by atoms with E-state index < -0.39 is 36.6 Å². The van der Waals surface area contributed by atoms with E-state index in [1.165, 1.54) is 24.3 Å². The highest BCUT2D eigenvalue weighted by Crippen LogP contribution is 2.44. The Morgan fingerprint density at radius 2 is 1.56 bits per heavy atom. The lowest BCUT2D eigenvalue weighted by Gasteiger charge is -2.18. The third-order valence-electron chi connectivity index (χ3n) is 3.94. The summed E-state index contributed by atoms with van der Waals surface area (Å²) >= 11 is 0. The van der Waals surface area contributed by atoms with Crippen molar-refractivity contribution >= 4 is 36.5 Å². The SMILES string of the molecule is O=S(=O)(c1ccc(F)c(F)c1)N1c2cccc3cccc(c23)S1(=O)=O. The molecule has 0 spiro atoms. The minimum Gasteiger partial charge on any atom is -0.204 e. The van der Waals surface area contributed by atoms with Crippen LogP contribution >= 0.6 is 0 Å². The smallest absolute Gasteiger partial charge is 0.204 e. The summed E-state index contributed by atoms with van der Waals surface area (Å²) in [5, 5.41) is 0.831. The van der Waals surface area contributed by atoms with Crippen molar-refractivity contribution in [2.45, 2.75) is 9.79 Å². The first kappa shape index (κ1) is 16.0. The summed E-state index contributed by atoms with van der Waals surface area (Å²) in [7, 11) is -9.06. The van der Waals surface area contributed by atoms with Crippen LogP contribution in [0.5, 0.6) is 0 Å². The number of rotatable bonds is 2.